The maximum Gasteiger partial charge on any atom is 0.349 e. The maximum atomic E-state index is 13.4. The fraction of sp³-hybridized carbons (Fsp3) is 0. The second-order valence-electron chi connectivity index (χ2n) is 7.83. The molecule has 0 unspecified atom stereocenters. The Morgan fingerprint density at radius 3 is 2.30 bits per heavy atom. The van der Waals surface area contributed by atoms with Crippen molar-refractivity contribution < 1.29 is 18.3 Å². The molecular weight excluding hydrogens is 541 g/mol. The molecule has 0 saturated heterocycles. The van der Waals surface area contributed by atoms with Crippen molar-refractivity contribution in [1.29, 1.82) is 0 Å². The third kappa shape index (κ3) is 4.69. The van der Waals surface area contributed by atoms with E-state index < -0.39 is 26.8 Å². The molecule has 12 heteroatoms. The third-order valence-electron chi connectivity index (χ3n) is 5.41. The first-order valence-electron chi connectivity index (χ1n) is 10.6. The van der Waals surface area contributed by atoms with Crippen LogP contribution < -0.4 is 16.0 Å². The number of phenolic OH excluding ortho intramolecular Hbond substituents is 1. The lowest BCUT2D eigenvalue weighted by atomic mass is 10.1. The van der Waals surface area contributed by atoms with E-state index >= 15 is 0 Å². The van der Waals surface area contributed by atoms with E-state index in [1.807, 2.05) is 12.1 Å². The number of fused-ring (bicyclic) bond motifs is 1. The summed E-state index contributed by atoms with van der Waals surface area (Å²) in [4.78, 5) is 25.0. The highest BCUT2D eigenvalue weighted by atomic mass is 35.5. The van der Waals surface area contributed by atoms with Crippen LogP contribution in [0.1, 0.15) is 0 Å². The van der Waals surface area contributed by atoms with E-state index in [4.69, 9.17) is 27.9 Å². The summed E-state index contributed by atoms with van der Waals surface area (Å²) in [5.74, 6) is -0.450. The monoisotopic (exact) mass is 555 g/mol. The summed E-state index contributed by atoms with van der Waals surface area (Å²) in [6.07, 6.45) is 0.918. The van der Waals surface area contributed by atoms with Crippen LogP contribution in [0.5, 0.6) is 17.2 Å². The molecule has 37 heavy (non-hydrogen) atoms. The normalized spacial score (nSPS) is 11.5. The lowest BCUT2D eigenvalue weighted by Crippen LogP contribution is -2.30. The van der Waals surface area contributed by atoms with Crippen LogP contribution in [0, 0.1) is 0 Å². The summed E-state index contributed by atoms with van der Waals surface area (Å²) < 4.78 is 33.4. The van der Waals surface area contributed by atoms with E-state index in [1.54, 1.807) is 18.2 Å². The first-order valence-corrected chi connectivity index (χ1v) is 12.8. The molecule has 0 aliphatic carbocycles. The Morgan fingerprint density at radius 2 is 1.59 bits per heavy atom. The van der Waals surface area contributed by atoms with Gasteiger partial charge in [0.15, 0.2) is 5.75 Å². The van der Waals surface area contributed by atoms with Crippen LogP contribution >= 0.6 is 23.2 Å². The van der Waals surface area contributed by atoms with Crippen molar-refractivity contribution in [2.24, 2.45) is 0 Å². The fourth-order valence-electron chi connectivity index (χ4n) is 3.66. The topological polar surface area (TPSA) is 131 Å². The Kier molecular flexibility index (Phi) is 6.24. The van der Waals surface area contributed by atoms with Gasteiger partial charge in [0, 0.05) is 6.07 Å². The van der Waals surface area contributed by atoms with Gasteiger partial charge in [-0.05, 0) is 47.2 Å². The van der Waals surface area contributed by atoms with Gasteiger partial charge in [-0.25, -0.2) is 13.2 Å². The van der Waals surface area contributed by atoms with Gasteiger partial charge in [0.25, 0.3) is 5.56 Å². The number of phenols is 1. The molecule has 0 spiro atoms. The van der Waals surface area contributed by atoms with E-state index in [9.17, 15) is 23.1 Å². The number of ether oxygens (including phenoxy) is 1. The highest BCUT2D eigenvalue weighted by molar-refractivity contribution is 7.91. The average Bonchev–Trinajstić information content (AvgIpc) is 2.86. The third-order valence-corrected chi connectivity index (χ3v) is 7.75. The van der Waals surface area contributed by atoms with E-state index in [0.29, 0.717) is 0 Å². The number of rotatable bonds is 5. The van der Waals surface area contributed by atoms with Crippen LogP contribution in [0.3, 0.4) is 0 Å². The molecule has 9 nitrogen and oxygen atoms in total. The molecule has 0 fully saturated rings. The minimum absolute atomic E-state index is 0.00193. The Hall–Kier alpha value is -4.12. The Balaban J connectivity index is 1.52. The van der Waals surface area contributed by atoms with Crippen LogP contribution in [0.2, 0.25) is 10.0 Å². The highest BCUT2D eigenvalue weighted by Crippen LogP contribution is 2.40. The standard InChI is InChI=1S/C25H15Cl2N3O6S/c26-19-10-16(30-25(33)29-23(32)13-28-30)11-20(27)24(19)36-17-6-8-21(31)22(12-17)37(34,35)18-7-5-14-3-1-2-4-15(14)9-18/h1-13,31H,(H,29,32,33). The van der Waals surface area contributed by atoms with Crippen LogP contribution in [0.25, 0.3) is 16.5 Å². The molecule has 0 aliphatic heterocycles. The summed E-state index contributed by atoms with van der Waals surface area (Å²) in [5, 5.41) is 15.7. The molecule has 0 bridgehead atoms. The fourth-order valence-corrected chi connectivity index (χ4v) is 5.61. The zero-order valence-corrected chi connectivity index (χ0v) is 20.9. The number of benzene rings is 4. The summed E-state index contributed by atoms with van der Waals surface area (Å²) >= 11 is 12.7. The van der Waals surface area contributed by atoms with Crippen molar-refractivity contribution in [3.05, 3.63) is 110 Å². The van der Waals surface area contributed by atoms with Crippen LogP contribution in [-0.4, -0.2) is 28.3 Å². The number of nitrogens with one attached hydrogen (secondary N) is 1. The maximum absolute atomic E-state index is 13.4. The zero-order chi connectivity index (χ0) is 26.3. The minimum atomic E-state index is -4.12. The Labute approximate surface area is 219 Å². The molecule has 0 amide bonds. The zero-order valence-electron chi connectivity index (χ0n) is 18.6. The first-order chi connectivity index (χ1) is 17.6. The molecule has 0 aliphatic rings. The molecule has 1 aromatic heterocycles. The van der Waals surface area contributed by atoms with E-state index in [2.05, 4.69) is 10.1 Å². The molecule has 0 atom stereocenters. The van der Waals surface area contributed by atoms with Crippen molar-refractivity contribution >= 4 is 43.8 Å². The lowest BCUT2D eigenvalue weighted by Gasteiger charge is -2.14. The molecule has 5 aromatic rings. The van der Waals surface area contributed by atoms with E-state index in [1.165, 1.54) is 36.4 Å². The number of sulfone groups is 1. The largest absolute Gasteiger partial charge is 0.507 e. The molecule has 2 N–H and O–H groups in total. The van der Waals surface area contributed by atoms with Gasteiger partial charge in [-0.15, -0.1) is 0 Å². The molecule has 5 rings (SSSR count). The summed E-state index contributed by atoms with van der Waals surface area (Å²) in [6.45, 7) is 0. The number of aromatic hydroxyl groups is 1. The van der Waals surface area contributed by atoms with Crippen molar-refractivity contribution in [2.45, 2.75) is 9.79 Å². The van der Waals surface area contributed by atoms with Gasteiger partial charge in [-0.3, -0.25) is 9.78 Å². The van der Waals surface area contributed by atoms with Gasteiger partial charge in [-0.1, -0.05) is 53.5 Å². The van der Waals surface area contributed by atoms with Crippen LogP contribution in [0.15, 0.2) is 98.4 Å². The predicted octanol–water partition coefficient (Wildman–Crippen LogP) is 4.71. The summed E-state index contributed by atoms with van der Waals surface area (Å²) in [7, 11) is -4.12. The van der Waals surface area contributed by atoms with Crippen molar-refractivity contribution in [3.63, 3.8) is 0 Å². The molecule has 186 valence electrons. The van der Waals surface area contributed by atoms with Crippen molar-refractivity contribution in [1.82, 2.24) is 14.8 Å². The molecule has 0 saturated carbocycles. The Bertz CT molecular complexity index is 1900. The van der Waals surface area contributed by atoms with Crippen molar-refractivity contribution in [3.8, 4) is 22.9 Å². The van der Waals surface area contributed by atoms with E-state index in [0.717, 1.165) is 27.7 Å². The summed E-state index contributed by atoms with van der Waals surface area (Å²) in [5.41, 5.74) is -1.30. The molecule has 0 radical (unpaired) electrons. The van der Waals surface area contributed by atoms with Gasteiger partial charge in [0.05, 0.1) is 20.6 Å². The second-order valence-corrected chi connectivity index (χ2v) is 10.6. The number of aromatic amines is 1. The van der Waals surface area contributed by atoms with Crippen LogP contribution in [-0.2, 0) is 9.84 Å². The smallest absolute Gasteiger partial charge is 0.349 e. The Morgan fingerprint density at radius 1 is 0.892 bits per heavy atom. The predicted molar refractivity (Wildman–Crippen MR) is 138 cm³/mol. The molecule has 4 aromatic carbocycles. The summed E-state index contributed by atoms with van der Waals surface area (Å²) in [6, 6.07) is 18.3. The van der Waals surface area contributed by atoms with Gasteiger partial charge < -0.3 is 9.84 Å². The number of H-pyrrole nitrogens is 1. The molecule has 1 heterocycles. The number of aromatic nitrogens is 3. The minimum Gasteiger partial charge on any atom is -0.507 e. The average molecular weight is 556 g/mol. The first kappa shape index (κ1) is 24.6. The number of halogens is 2. The number of hydrogen-bond donors (Lipinski definition) is 2. The van der Waals surface area contributed by atoms with Gasteiger partial charge >= 0.3 is 5.69 Å². The quantitative estimate of drug-likeness (QED) is 0.321. The van der Waals surface area contributed by atoms with Gasteiger partial charge in [-0.2, -0.15) is 9.78 Å². The highest BCUT2D eigenvalue weighted by Gasteiger charge is 2.23. The second kappa shape index (κ2) is 9.40. The van der Waals surface area contributed by atoms with Gasteiger partial charge in [0.2, 0.25) is 9.84 Å². The SMILES string of the molecule is O=c1cnn(-c2cc(Cl)c(Oc3ccc(O)c(S(=O)(=O)c4ccc5ccccc5c4)c3)c(Cl)c2)c(=O)[nH]1. The van der Waals surface area contributed by atoms with Gasteiger partial charge in [0.1, 0.15) is 22.6 Å². The number of hydrogen-bond acceptors (Lipinski definition) is 7. The molecular formula is C25H15Cl2N3O6S. The number of nitrogens with zero attached hydrogens (tertiary/aromatic N) is 2. The van der Waals surface area contributed by atoms with Crippen molar-refractivity contribution in [2.75, 3.05) is 0 Å². The van der Waals surface area contributed by atoms with Crippen LogP contribution in [0.4, 0.5) is 0 Å². The van der Waals surface area contributed by atoms with E-state index in [-0.39, 0.29) is 37.0 Å². The lowest BCUT2D eigenvalue weighted by molar-refractivity contribution is 0.448.